The Balaban J connectivity index is 1.47. The summed E-state index contributed by atoms with van der Waals surface area (Å²) in [5.74, 6) is 1.31. The normalized spacial score (nSPS) is 13.0. The van der Waals surface area contributed by atoms with Crippen LogP contribution in [0.4, 0.5) is 11.4 Å². The van der Waals surface area contributed by atoms with E-state index in [1.165, 1.54) is 0 Å². The highest BCUT2D eigenvalue weighted by Crippen LogP contribution is 2.46. The van der Waals surface area contributed by atoms with Gasteiger partial charge in [0.25, 0.3) is 0 Å². The van der Waals surface area contributed by atoms with E-state index < -0.39 is 12.1 Å². The molecule has 1 unspecified atom stereocenters. The fourth-order valence-corrected chi connectivity index (χ4v) is 3.41. The van der Waals surface area contributed by atoms with Crippen LogP contribution < -0.4 is 14.4 Å². The number of hydrogen-bond acceptors (Lipinski definition) is 5. The average Bonchev–Trinajstić information content (AvgIpc) is 2.77. The van der Waals surface area contributed by atoms with E-state index in [2.05, 4.69) is 4.90 Å². The van der Waals surface area contributed by atoms with Crippen LogP contribution in [-0.2, 0) is 16.0 Å². The van der Waals surface area contributed by atoms with E-state index in [-0.39, 0.29) is 0 Å². The number of fused-ring (bicyclic) bond motifs is 2. The average molecular weight is 405 g/mol. The van der Waals surface area contributed by atoms with E-state index in [4.69, 9.17) is 14.2 Å². The molecule has 154 valence electrons. The van der Waals surface area contributed by atoms with Gasteiger partial charge in [0.15, 0.2) is 24.3 Å². The molecule has 0 saturated carbocycles. The zero-order valence-corrected chi connectivity index (χ0v) is 16.7. The summed E-state index contributed by atoms with van der Waals surface area (Å²) in [4.78, 5) is 13.3. The lowest BCUT2D eigenvalue weighted by Crippen LogP contribution is -2.26. The van der Waals surface area contributed by atoms with Crippen LogP contribution in [0, 0.1) is 0 Å². The van der Waals surface area contributed by atoms with Gasteiger partial charge in [0.05, 0.1) is 11.4 Å². The van der Waals surface area contributed by atoms with E-state index in [1.807, 2.05) is 72.8 Å². The minimum atomic E-state index is -0.957. The number of carbonyl (C=O) groups is 1. The van der Waals surface area contributed by atoms with Crippen molar-refractivity contribution in [3.8, 4) is 17.2 Å². The van der Waals surface area contributed by atoms with Crippen LogP contribution >= 0.6 is 0 Å². The van der Waals surface area contributed by atoms with E-state index in [0.29, 0.717) is 25.5 Å². The summed E-state index contributed by atoms with van der Waals surface area (Å²) in [6.45, 7) is 2.46. The number of hydrogen-bond donors (Lipinski definition) is 1. The SMILES string of the molecule is CCOC(Cc1ccc(OCN2c3ccccc3Oc3ccccc32)cc1)C(=O)O. The van der Waals surface area contributed by atoms with Gasteiger partial charge in [-0.15, -0.1) is 0 Å². The Labute approximate surface area is 175 Å². The molecule has 30 heavy (non-hydrogen) atoms. The van der Waals surface area contributed by atoms with E-state index >= 15 is 0 Å². The van der Waals surface area contributed by atoms with Crippen LogP contribution in [0.25, 0.3) is 0 Å². The number of ether oxygens (including phenoxy) is 3. The monoisotopic (exact) mass is 405 g/mol. The molecule has 0 spiro atoms. The molecular formula is C24H23NO5. The predicted molar refractivity (Wildman–Crippen MR) is 114 cm³/mol. The molecular weight excluding hydrogens is 382 g/mol. The molecule has 0 aliphatic carbocycles. The van der Waals surface area contributed by atoms with Gasteiger partial charge in [-0.25, -0.2) is 4.79 Å². The molecule has 6 heteroatoms. The first-order chi connectivity index (χ1) is 14.7. The summed E-state index contributed by atoms with van der Waals surface area (Å²) >= 11 is 0. The summed E-state index contributed by atoms with van der Waals surface area (Å²) in [7, 11) is 0. The number of rotatable bonds is 8. The van der Waals surface area contributed by atoms with Crippen LogP contribution in [0.2, 0.25) is 0 Å². The number of aliphatic carboxylic acids is 1. The quantitative estimate of drug-likeness (QED) is 0.569. The molecule has 0 bridgehead atoms. The van der Waals surface area contributed by atoms with Gasteiger partial charge in [-0.2, -0.15) is 0 Å². The first-order valence-electron chi connectivity index (χ1n) is 9.85. The second-order valence-corrected chi connectivity index (χ2v) is 6.87. The molecule has 1 aliphatic rings. The second kappa shape index (κ2) is 8.88. The lowest BCUT2D eigenvalue weighted by Gasteiger charge is -2.32. The minimum Gasteiger partial charge on any atom is -0.479 e. The molecule has 4 rings (SSSR count). The second-order valence-electron chi connectivity index (χ2n) is 6.87. The van der Waals surface area contributed by atoms with Crippen molar-refractivity contribution in [3.63, 3.8) is 0 Å². The molecule has 3 aromatic carbocycles. The fourth-order valence-electron chi connectivity index (χ4n) is 3.41. The largest absolute Gasteiger partial charge is 0.479 e. The third-order valence-electron chi connectivity index (χ3n) is 4.88. The van der Waals surface area contributed by atoms with Crippen molar-refractivity contribution in [2.45, 2.75) is 19.4 Å². The van der Waals surface area contributed by atoms with E-state index in [0.717, 1.165) is 28.4 Å². The molecule has 0 aromatic heterocycles. The maximum absolute atomic E-state index is 11.3. The Kier molecular flexibility index (Phi) is 5.86. The van der Waals surface area contributed by atoms with Crippen molar-refractivity contribution in [2.75, 3.05) is 18.2 Å². The molecule has 0 amide bonds. The molecule has 1 heterocycles. The highest BCUT2D eigenvalue weighted by Gasteiger charge is 2.24. The molecule has 0 radical (unpaired) electrons. The van der Waals surface area contributed by atoms with Crippen LogP contribution in [0.3, 0.4) is 0 Å². The van der Waals surface area contributed by atoms with E-state index in [1.54, 1.807) is 6.92 Å². The summed E-state index contributed by atoms with van der Waals surface area (Å²) in [6, 6.07) is 23.1. The van der Waals surface area contributed by atoms with Crippen molar-refractivity contribution >= 4 is 17.3 Å². The number of carboxylic acid groups (broad SMARTS) is 1. The standard InChI is InChI=1S/C24H23NO5/c1-2-28-23(24(26)27)15-17-11-13-18(14-12-17)29-16-25-19-7-3-5-9-21(19)30-22-10-6-4-8-20(22)25/h3-14,23H,2,15-16H2,1H3,(H,26,27). The first-order valence-corrected chi connectivity index (χ1v) is 9.85. The van der Waals surface area contributed by atoms with Gasteiger partial charge >= 0.3 is 5.97 Å². The molecule has 1 N–H and O–H groups in total. The van der Waals surface area contributed by atoms with Crippen LogP contribution in [0.5, 0.6) is 17.2 Å². The number of carboxylic acids is 1. The first kappa shape index (κ1) is 19.8. The molecule has 1 atom stereocenters. The van der Waals surface area contributed by atoms with Gasteiger partial charge in [0.1, 0.15) is 5.75 Å². The Morgan fingerprint density at radius 3 is 2.13 bits per heavy atom. The lowest BCUT2D eigenvalue weighted by atomic mass is 10.1. The minimum absolute atomic E-state index is 0.313. The Hall–Kier alpha value is -3.51. The summed E-state index contributed by atoms with van der Waals surface area (Å²) in [5.41, 5.74) is 2.76. The number of para-hydroxylation sites is 4. The van der Waals surface area contributed by atoms with Crippen LogP contribution in [-0.4, -0.2) is 30.5 Å². The Morgan fingerprint density at radius 2 is 1.57 bits per heavy atom. The number of benzene rings is 3. The Morgan fingerprint density at radius 1 is 0.967 bits per heavy atom. The number of nitrogens with zero attached hydrogens (tertiary/aromatic N) is 1. The summed E-state index contributed by atoms with van der Waals surface area (Å²) in [5, 5.41) is 9.24. The van der Waals surface area contributed by atoms with Gasteiger partial charge in [0, 0.05) is 13.0 Å². The van der Waals surface area contributed by atoms with E-state index in [9.17, 15) is 9.90 Å². The fraction of sp³-hybridized carbons (Fsp3) is 0.208. The third-order valence-corrected chi connectivity index (χ3v) is 4.88. The zero-order chi connectivity index (χ0) is 20.9. The topological polar surface area (TPSA) is 68.2 Å². The molecule has 1 aliphatic heterocycles. The smallest absolute Gasteiger partial charge is 0.333 e. The maximum Gasteiger partial charge on any atom is 0.333 e. The highest BCUT2D eigenvalue weighted by molar-refractivity contribution is 5.77. The van der Waals surface area contributed by atoms with Crippen molar-refractivity contribution in [2.24, 2.45) is 0 Å². The van der Waals surface area contributed by atoms with Crippen molar-refractivity contribution in [1.82, 2.24) is 0 Å². The summed E-state index contributed by atoms with van der Waals surface area (Å²) < 4.78 is 17.3. The van der Waals surface area contributed by atoms with Crippen molar-refractivity contribution < 1.29 is 24.1 Å². The lowest BCUT2D eigenvalue weighted by molar-refractivity contribution is -0.149. The molecule has 6 nitrogen and oxygen atoms in total. The third kappa shape index (κ3) is 4.23. The van der Waals surface area contributed by atoms with Gasteiger partial charge < -0.3 is 24.2 Å². The predicted octanol–water partition coefficient (Wildman–Crippen LogP) is 5.00. The molecule has 3 aromatic rings. The van der Waals surface area contributed by atoms with Gasteiger partial charge in [-0.1, -0.05) is 36.4 Å². The van der Waals surface area contributed by atoms with Crippen molar-refractivity contribution in [3.05, 3.63) is 78.4 Å². The molecule has 0 fully saturated rings. The zero-order valence-electron chi connectivity index (χ0n) is 16.7. The van der Waals surface area contributed by atoms with Crippen LogP contribution in [0.15, 0.2) is 72.8 Å². The number of anilines is 2. The van der Waals surface area contributed by atoms with Crippen LogP contribution in [0.1, 0.15) is 12.5 Å². The van der Waals surface area contributed by atoms with Crippen molar-refractivity contribution in [1.29, 1.82) is 0 Å². The summed E-state index contributed by atoms with van der Waals surface area (Å²) in [6.07, 6.45) is -0.531. The molecule has 0 saturated heterocycles. The van der Waals surface area contributed by atoms with Gasteiger partial charge in [0.2, 0.25) is 0 Å². The maximum atomic E-state index is 11.3. The van der Waals surface area contributed by atoms with Gasteiger partial charge in [-0.3, -0.25) is 0 Å². The highest BCUT2D eigenvalue weighted by atomic mass is 16.5. The van der Waals surface area contributed by atoms with Gasteiger partial charge in [-0.05, 0) is 48.9 Å². The Bertz CT molecular complexity index is 973.